The van der Waals surface area contributed by atoms with Crippen LogP contribution in [0, 0.1) is 0 Å². The first-order valence-corrected chi connectivity index (χ1v) is 7.91. The Hall–Kier alpha value is -1.10. The lowest BCUT2D eigenvalue weighted by Gasteiger charge is -2.22. The Morgan fingerprint density at radius 2 is 2.00 bits per heavy atom. The number of rotatable bonds is 11. The summed E-state index contributed by atoms with van der Waals surface area (Å²) in [5.41, 5.74) is 2.54. The number of hydrogen-bond donors (Lipinski definition) is 1. The van der Waals surface area contributed by atoms with E-state index in [1.54, 1.807) is 7.11 Å². The zero-order chi connectivity index (χ0) is 15.5. The Morgan fingerprint density at radius 3 is 2.62 bits per heavy atom. The fraction of sp³-hybridized carbons (Fsp3) is 0.647. The van der Waals surface area contributed by atoms with Crippen molar-refractivity contribution < 1.29 is 9.47 Å². The molecule has 1 aromatic carbocycles. The second kappa shape index (κ2) is 10.6. The molecule has 21 heavy (non-hydrogen) atoms. The molecule has 120 valence electrons. The zero-order valence-corrected chi connectivity index (χ0v) is 13.9. The molecule has 0 saturated carbocycles. The minimum absolute atomic E-state index is 0.777. The molecular formula is C17H30N2O2. The summed E-state index contributed by atoms with van der Waals surface area (Å²) in [6.07, 6.45) is 0. The molecule has 1 aromatic rings. The van der Waals surface area contributed by atoms with E-state index in [0.717, 1.165) is 51.7 Å². The van der Waals surface area contributed by atoms with Gasteiger partial charge in [0, 0.05) is 31.8 Å². The SMILES string of the molecule is CCNCc1ccc(OC)c(CN(CC)CCOCC)c1. The second-order valence-electron chi connectivity index (χ2n) is 4.99. The van der Waals surface area contributed by atoms with Crippen LogP contribution in [0.3, 0.4) is 0 Å². The Morgan fingerprint density at radius 1 is 1.19 bits per heavy atom. The van der Waals surface area contributed by atoms with Gasteiger partial charge in [0.25, 0.3) is 0 Å². The molecule has 0 saturated heterocycles. The summed E-state index contributed by atoms with van der Waals surface area (Å²) in [6.45, 7) is 12.6. The van der Waals surface area contributed by atoms with Crippen molar-refractivity contribution in [1.29, 1.82) is 0 Å². The minimum atomic E-state index is 0.777. The van der Waals surface area contributed by atoms with E-state index in [2.05, 4.69) is 42.3 Å². The number of ether oxygens (including phenoxy) is 2. The van der Waals surface area contributed by atoms with Gasteiger partial charge in [-0.1, -0.05) is 19.9 Å². The van der Waals surface area contributed by atoms with Crippen molar-refractivity contribution in [2.45, 2.75) is 33.9 Å². The number of nitrogens with zero attached hydrogens (tertiary/aromatic N) is 1. The molecule has 0 atom stereocenters. The van der Waals surface area contributed by atoms with Crippen LogP contribution in [0.25, 0.3) is 0 Å². The number of methoxy groups -OCH3 is 1. The molecule has 1 rings (SSSR count). The van der Waals surface area contributed by atoms with E-state index >= 15 is 0 Å². The van der Waals surface area contributed by atoms with Gasteiger partial charge in [0.1, 0.15) is 5.75 Å². The summed E-state index contributed by atoms with van der Waals surface area (Å²) in [5.74, 6) is 0.963. The van der Waals surface area contributed by atoms with Crippen LogP contribution in [0.15, 0.2) is 18.2 Å². The molecule has 0 bridgehead atoms. The van der Waals surface area contributed by atoms with Crippen LogP contribution in [-0.2, 0) is 17.8 Å². The summed E-state index contributed by atoms with van der Waals surface area (Å²) in [6, 6.07) is 6.44. The van der Waals surface area contributed by atoms with Crippen LogP contribution in [0.1, 0.15) is 31.9 Å². The third-order valence-corrected chi connectivity index (χ3v) is 3.52. The number of likely N-dealkylation sites (N-methyl/N-ethyl adjacent to an activating group) is 1. The highest BCUT2D eigenvalue weighted by molar-refractivity contribution is 5.37. The topological polar surface area (TPSA) is 33.7 Å². The molecule has 0 heterocycles. The number of nitrogens with one attached hydrogen (secondary N) is 1. The maximum absolute atomic E-state index is 5.50. The van der Waals surface area contributed by atoms with Gasteiger partial charge in [0.2, 0.25) is 0 Å². The van der Waals surface area contributed by atoms with Gasteiger partial charge in [-0.15, -0.1) is 0 Å². The van der Waals surface area contributed by atoms with E-state index < -0.39 is 0 Å². The molecule has 0 spiro atoms. The van der Waals surface area contributed by atoms with Gasteiger partial charge in [-0.2, -0.15) is 0 Å². The summed E-state index contributed by atoms with van der Waals surface area (Å²) < 4.78 is 11.0. The Bertz CT molecular complexity index is 396. The van der Waals surface area contributed by atoms with Crippen LogP contribution in [-0.4, -0.2) is 44.9 Å². The van der Waals surface area contributed by atoms with Crippen molar-refractivity contribution in [2.75, 3.05) is 40.0 Å². The maximum Gasteiger partial charge on any atom is 0.123 e. The van der Waals surface area contributed by atoms with E-state index in [4.69, 9.17) is 9.47 Å². The van der Waals surface area contributed by atoms with Crippen molar-refractivity contribution in [3.8, 4) is 5.75 Å². The van der Waals surface area contributed by atoms with Crippen LogP contribution < -0.4 is 10.1 Å². The summed E-state index contributed by atoms with van der Waals surface area (Å²) in [7, 11) is 1.74. The van der Waals surface area contributed by atoms with Gasteiger partial charge in [0.05, 0.1) is 13.7 Å². The first-order valence-electron chi connectivity index (χ1n) is 7.91. The zero-order valence-electron chi connectivity index (χ0n) is 13.9. The van der Waals surface area contributed by atoms with Crippen LogP contribution in [0.4, 0.5) is 0 Å². The van der Waals surface area contributed by atoms with Crippen LogP contribution >= 0.6 is 0 Å². The normalized spacial score (nSPS) is 11.1. The largest absolute Gasteiger partial charge is 0.496 e. The van der Waals surface area contributed by atoms with Crippen molar-refractivity contribution in [3.63, 3.8) is 0 Å². The Labute approximate surface area is 129 Å². The lowest BCUT2D eigenvalue weighted by molar-refractivity contribution is 0.112. The van der Waals surface area contributed by atoms with Gasteiger partial charge in [0.15, 0.2) is 0 Å². The van der Waals surface area contributed by atoms with Gasteiger partial charge < -0.3 is 14.8 Å². The van der Waals surface area contributed by atoms with Gasteiger partial charge in [-0.05, 0) is 37.7 Å². The maximum atomic E-state index is 5.50. The molecule has 4 nitrogen and oxygen atoms in total. The molecule has 0 aromatic heterocycles. The standard InChI is InChI=1S/C17H30N2O2/c1-5-18-13-15-8-9-17(20-4)16(12-15)14-19(6-2)10-11-21-7-3/h8-9,12,18H,5-7,10-11,13-14H2,1-4H3. The number of hydrogen-bond acceptors (Lipinski definition) is 4. The molecule has 0 fully saturated rings. The molecule has 0 unspecified atom stereocenters. The fourth-order valence-electron chi connectivity index (χ4n) is 2.26. The molecule has 0 amide bonds. The second-order valence-corrected chi connectivity index (χ2v) is 4.99. The fourth-order valence-corrected chi connectivity index (χ4v) is 2.26. The monoisotopic (exact) mass is 294 g/mol. The Balaban J connectivity index is 2.72. The van der Waals surface area contributed by atoms with E-state index in [9.17, 15) is 0 Å². The molecule has 0 aliphatic rings. The molecular weight excluding hydrogens is 264 g/mol. The van der Waals surface area contributed by atoms with Crippen molar-refractivity contribution in [1.82, 2.24) is 10.2 Å². The molecule has 0 aliphatic heterocycles. The molecule has 0 radical (unpaired) electrons. The van der Waals surface area contributed by atoms with Gasteiger partial charge in [-0.3, -0.25) is 4.90 Å². The van der Waals surface area contributed by atoms with Crippen LogP contribution in [0.2, 0.25) is 0 Å². The van der Waals surface area contributed by atoms with E-state index in [0.29, 0.717) is 0 Å². The molecule has 4 heteroatoms. The van der Waals surface area contributed by atoms with Gasteiger partial charge in [-0.25, -0.2) is 0 Å². The molecule has 1 N–H and O–H groups in total. The first-order chi connectivity index (χ1) is 10.2. The van der Waals surface area contributed by atoms with E-state index in [-0.39, 0.29) is 0 Å². The predicted octanol–water partition coefficient (Wildman–Crippen LogP) is 2.66. The van der Waals surface area contributed by atoms with Crippen molar-refractivity contribution in [2.24, 2.45) is 0 Å². The molecule has 0 aliphatic carbocycles. The average molecular weight is 294 g/mol. The van der Waals surface area contributed by atoms with Gasteiger partial charge >= 0.3 is 0 Å². The third kappa shape index (κ3) is 6.46. The first kappa shape index (κ1) is 18.0. The van der Waals surface area contributed by atoms with E-state index in [1.165, 1.54) is 11.1 Å². The Kier molecular flexibility index (Phi) is 9.06. The highest BCUT2D eigenvalue weighted by Crippen LogP contribution is 2.21. The smallest absolute Gasteiger partial charge is 0.123 e. The lowest BCUT2D eigenvalue weighted by atomic mass is 10.1. The number of benzene rings is 1. The third-order valence-electron chi connectivity index (χ3n) is 3.52. The van der Waals surface area contributed by atoms with E-state index in [1.807, 2.05) is 6.92 Å². The highest BCUT2D eigenvalue weighted by Gasteiger charge is 2.09. The summed E-state index contributed by atoms with van der Waals surface area (Å²) in [5, 5.41) is 3.36. The highest BCUT2D eigenvalue weighted by atomic mass is 16.5. The van der Waals surface area contributed by atoms with Crippen molar-refractivity contribution in [3.05, 3.63) is 29.3 Å². The summed E-state index contributed by atoms with van der Waals surface area (Å²) >= 11 is 0. The average Bonchev–Trinajstić information content (AvgIpc) is 2.52. The quantitative estimate of drug-likeness (QED) is 0.636. The summed E-state index contributed by atoms with van der Waals surface area (Å²) in [4.78, 5) is 2.38. The minimum Gasteiger partial charge on any atom is -0.496 e. The van der Waals surface area contributed by atoms with Crippen LogP contribution in [0.5, 0.6) is 5.75 Å². The predicted molar refractivity (Wildman–Crippen MR) is 87.8 cm³/mol. The lowest BCUT2D eigenvalue weighted by Crippen LogP contribution is -2.27. The van der Waals surface area contributed by atoms with Crippen molar-refractivity contribution >= 4 is 0 Å².